The molecule has 1 aliphatic rings. The third-order valence-electron chi connectivity index (χ3n) is 15.8. The number of rotatable bonds is 9. The van der Waals surface area contributed by atoms with E-state index < -0.39 is 5.41 Å². The summed E-state index contributed by atoms with van der Waals surface area (Å²) in [6, 6.07) is 104. The zero-order valence-electron chi connectivity index (χ0n) is 41.4. The molecule has 0 unspecified atom stereocenters. The van der Waals surface area contributed by atoms with Crippen LogP contribution in [0, 0.1) is 0 Å². The van der Waals surface area contributed by atoms with Gasteiger partial charge in [0.2, 0.25) is 0 Å². The van der Waals surface area contributed by atoms with Crippen molar-refractivity contribution in [1.29, 1.82) is 0 Å². The molecule has 0 atom stereocenters. The van der Waals surface area contributed by atoms with Crippen molar-refractivity contribution in [2.75, 3.05) is 4.90 Å². The first-order valence-corrected chi connectivity index (χ1v) is 26.9. The van der Waals surface area contributed by atoms with E-state index in [0.717, 1.165) is 61.3 Å². The van der Waals surface area contributed by atoms with Crippen molar-refractivity contribution in [2.24, 2.45) is 0 Å². The van der Waals surface area contributed by atoms with Gasteiger partial charge in [0.05, 0.1) is 5.41 Å². The number of nitrogens with zero attached hydrogens (tertiary/aromatic N) is 1. The van der Waals surface area contributed by atoms with Crippen molar-refractivity contribution in [3.63, 3.8) is 0 Å². The summed E-state index contributed by atoms with van der Waals surface area (Å²) < 4.78 is 9.12. The van der Waals surface area contributed by atoms with Crippen LogP contribution >= 0.6 is 11.3 Å². The third kappa shape index (κ3) is 7.08. The van der Waals surface area contributed by atoms with E-state index in [1.54, 1.807) is 0 Å². The Bertz CT molecular complexity index is 4450. The van der Waals surface area contributed by atoms with E-state index in [2.05, 4.69) is 278 Å². The summed E-state index contributed by atoms with van der Waals surface area (Å²) in [6.45, 7) is 0. The lowest BCUT2D eigenvalue weighted by molar-refractivity contribution is 0.670. The highest BCUT2D eigenvalue weighted by Gasteiger charge is 2.46. The van der Waals surface area contributed by atoms with E-state index >= 15 is 0 Å². The van der Waals surface area contributed by atoms with Crippen LogP contribution in [0.1, 0.15) is 22.3 Å². The van der Waals surface area contributed by atoms with Gasteiger partial charge in [-0.1, -0.05) is 218 Å². The normalized spacial score (nSPS) is 12.6. The molecule has 14 aromatic rings. The molecule has 2 nitrogen and oxygen atoms in total. The highest BCUT2D eigenvalue weighted by atomic mass is 32.1. The average molecular weight is 986 g/mol. The van der Waals surface area contributed by atoms with Crippen molar-refractivity contribution in [2.45, 2.75) is 5.41 Å². The summed E-state index contributed by atoms with van der Waals surface area (Å²) >= 11 is 1.86. The van der Waals surface area contributed by atoms with E-state index in [0.29, 0.717) is 0 Å². The van der Waals surface area contributed by atoms with Crippen molar-refractivity contribution in [1.82, 2.24) is 0 Å². The number of para-hydroxylation sites is 2. The Hall–Kier alpha value is -9.54. The number of thiophene rings is 1. The molecule has 0 aliphatic heterocycles. The first kappa shape index (κ1) is 44.0. The topological polar surface area (TPSA) is 16.4 Å². The zero-order valence-corrected chi connectivity index (χ0v) is 42.2. The molecule has 1 aliphatic carbocycles. The van der Waals surface area contributed by atoms with Crippen LogP contribution < -0.4 is 4.90 Å². The van der Waals surface area contributed by atoms with Gasteiger partial charge in [-0.2, -0.15) is 0 Å². The van der Waals surface area contributed by atoms with Gasteiger partial charge < -0.3 is 9.32 Å². The lowest BCUT2D eigenvalue weighted by Crippen LogP contribution is -2.28. The molecule has 0 bridgehead atoms. The lowest BCUT2D eigenvalue weighted by Gasteiger charge is -2.33. The second-order valence-electron chi connectivity index (χ2n) is 19.9. The summed E-state index contributed by atoms with van der Waals surface area (Å²) in [5.74, 6) is 0. The van der Waals surface area contributed by atoms with Gasteiger partial charge in [-0.15, -0.1) is 11.3 Å². The maximum Gasteiger partial charge on any atom is 0.143 e. The van der Waals surface area contributed by atoms with Gasteiger partial charge in [0.1, 0.15) is 11.2 Å². The van der Waals surface area contributed by atoms with Gasteiger partial charge in [-0.05, 0) is 139 Å². The Morgan fingerprint density at radius 1 is 0.289 bits per heavy atom. The fourth-order valence-electron chi connectivity index (χ4n) is 12.2. The summed E-state index contributed by atoms with van der Waals surface area (Å²) in [5.41, 5.74) is 21.6. The van der Waals surface area contributed by atoms with Crippen LogP contribution in [0.15, 0.2) is 290 Å². The molecule has 76 heavy (non-hydrogen) atoms. The Labute approximate surface area is 445 Å². The molecule has 356 valence electrons. The van der Waals surface area contributed by atoms with E-state index in [1.807, 2.05) is 23.5 Å². The number of hydrogen-bond donors (Lipinski definition) is 0. The van der Waals surface area contributed by atoms with Crippen LogP contribution in [-0.4, -0.2) is 0 Å². The number of benzene rings is 12. The third-order valence-corrected chi connectivity index (χ3v) is 16.9. The van der Waals surface area contributed by atoms with Crippen LogP contribution in [0.4, 0.5) is 17.1 Å². The largest absolute Gasteiger partial charge is 0.455 e. The quantitative estimate of drug-likeness (QED) is 0.143. The summed E-state index contributed by atoms with van der Waals surface area (Å²) in [7, 11) is 0. The molecule has 12 aromatic carbocycles. The van der Waals surface area contributed by atoms with Crippen molar-refractivity contribution < 1.29 is 4.42 Å². The Kier molecular flexibility index (Phi) is 10.3. The van der Waals surface area contributed by atoms with Crippen LogP contribution in [-0.2, 0) is 5.41 Å². The molecule has 0 N–H and O–H groups in total. The fourth-order valence-corrected chi connectivity index (χ4v) is 13.3. The monoisotopic (exact) mass is 985 g/mol. The van der Waals surface area contributed by atoms with E-state index in [4.69, 9.17) is 4.42 Å². The maximum atomic E-state index is 6.49. The minimum Gasteiger partial charge on any atom is -0.455 e. The Morgan fingerprint density at radius 3 is 1.54 bits per heavy atom. The Morgan fingerprint density at radius 2 is 0.803 bits per heavy atom. The van der Waals surface area contributed by atoms with Gasteiger partial charge in [0.15, 0.2) is 0 Å². The number of fused-ring (bicyclic) bond motifs is 9. The van der Waals surface area contributed by atoms with Crippen LogP contribution in [0.25, 0.3) is 97.7 Å². The van der Waals surface area contributed by atoms with E-state index in [1.165, 1.54) is 75.8 Å². The second kappa shape index (κ2) is 17.8. The smallest absolute Gasteiger partial charge is 0.143 e. The average Bonchev–Trinajstić information content (AvgIpc) is 4.18. The standard InChI is InChI=1S/C73H47NOS/c1-3-16-55(17-4-1)73(56-18-5-2-6-19-56)67-26-10-7-21-61(67)65-46-53(37-43-68(65)73)49-31-29-48(30-32-49)52-15-13-20-59(45-52)74(57-39-33-50(34-40-57)54-38-44-71-66(47-54)63-23-9-12-28-70(63)76-71)58-41-35-51(36-42-58)60-24-14-25-64-62-22-8-11-27-69(62)75-72(60)64/h1-47H. The van der Waals surface area contributed by atoms with Gasteiger partial charge in [-0.25, -0.2) is 0 Å². The number of anilines is 3. The van der Waals surface area contributed by atoms with Crippen molar-refractivity contribution in [3.05, 3.63) is 307 Å². The molecule has 0 radical (unpaired) electrons. The van der Waals surface area contributed by atoms with E-state index in [-0.39, 0.29) is 0 Å². The summed E-state index contributed by atoms with van der Waals surface area (Å²) in [5, 5.41) is 4.87. The van der Waals surface area contributed by atoms with Crippen LogP contribution in [0.5, 0.6) is 0 Å². The minimum absolute atomic E-state index is 0.418. The molecule has 2 heterocycles. The first-order valence-electron chi connectivity index (χ1n) is 26.0. The predicted molar refractivity (Wildman–Crippen MR) is 320 cm³/mol. The number of hydrogen-bond acceptors (Lipinski definition) is 3. The highest BCUT2D eigenvalue weighted by Crippen LogP contribution is 2.57. The zero-order chi connectivity index (χ0) is 50.2. The van der Waals surface area contributed by atoms with E-state index in [9.17, 15) is 0 Å². The molecule has 0 spiro atoms. The Balaban J connectivity index is 0.791. The maximum absolute atomic E-state index is 6.49. The van der Waals surface area contributed by atoms with Crippen molar-refractivity contribution in [3.8, 4) is 55.6 Å². The predicted octanol–water partition coefficient (Wildman–Crippen LogP) is 20.5. The molecule has 0 saturated heterocycles. The first-order chi connectivity index (χ1) is 37.7. The molecular formula is C73H47NOS. The van der Waals surface area contributed by atoms with Crippen molar-refractivity contribution >= 4 is 70.5 Å². The van der Waals surface area contributed by atoms with Gasteiger partial charge in [-0.3, -0.25) is 0 Å². The van der Waals surface area contributed by atoms with Crippen LogP contribution in [0.3, 0.4) is 0 Å². The van der Waals surface area contributed by atoms with Gasteiger partial charge >= 0.3 is 0 Å². The van der Waals surface area contributed by atoms with Gasteiger partial charge in [0, 0.05) is 53.6 Å². The molecule has 2 aromatic heterocycles. The molecule has 0 amide bonds. The highest BCUT2D eigenvalue weighted by molar-refractivity contribution is 7.25. The molecular weight excluding hydrogens is 939 g/mol. The molecule has 0 fully saturated rings. The SMILES string of the molecule is c1ccc(C2(c3ccccc3)c3ccccc3-c3cc(-c4ccc(-c5cccc(N(c6ccc(-c7ccc8sc9ccccc9c8c7)cc6)c6ccc(-c7cccc8c7oc7ccccc78)cc6)c5)cc4)ccc32)cc1. The lowest BCUT2D eigenvalue weighted by atomic mass is 9.67. The second-order valence-corrected chi connectivity index (χ2v) is 21.0. The van der Waals surface area contributed by atoms with Gasteiger partial charge in [0.25, 0.3) is 0 Å². The fraction of sp³-hybridized carbons (Fsp3) is 0.0137. The molecule has 15 rings (SSSR count). The number of furan rings is 1. The van der Waals surface area contributed by atoms with Crippen LogP contribution in [0.2, 0.25) is 0 Å². The minimum atomic E-state index is -0.418. The summed E-state index contributed by atoms with van der Waals surface area (Å²) in [4.78, 5) is 2.37. The molecule has 3 heteroatoms. The molecule has 0 saturated carbocycles. The summed E-state index contributed by atoms with van der Waals surface area (Å²) in [6.07, 6.45) is 0.